The molecule has 2 aromatic heterocycles. The van der Waals surface area contributed by atoms with Crippen LogP contribution < -0.4 is 28.4 Å². The molecule has 0 saturated carbocycles. The molecule has 6 rings (SSSR count). The molecule has 0 saturated heterocycles. The lowest BCUT2D eigenvalue weighted by Gasteiger charge is -2.18. The van der Waals surface area contributed by atoms with Gasteiger partial charge < -0.3 is 37.9 Å². The minimum atomic E-state index is -0.674. The lowest BCUT2D eigenvalue weighted by molar-refractivity contribution is -0.156. The number of methoxy groups -OCH3 is 2. The Labute approximate surface area is 357 Å². The molecule has 0 amide bonds. The van der Waals surface area contributed by atoms with Gasteiger partial charge >= 0.3 is 11.9 Å². The van der Waals surface area contributed by atoms with Crippen LogP contribution in [-0.2, 0) is 58.3 Å². The van der Waals surface area contributed by atoms with Crippen molar-refractivity contribution >= 4 is 33.7 Å². The summed E-state index contributed by atoms with van der Waals surface area (Å²) >= 11 is 0. The van der Waals surface area contributed by atoms with Gasteiger partial charge in [-0.2, -0.15) is 0 Å². The molecule has 0 unspecified atom stereocenters. The van der Waals surface area contributed by atoms with Gasteiger partial charge in [-0.1, -0.05) is 26.0 Å². The van der Waals surface area contributed by atoms with Gasteiger partial charge in [0, 0.05) is 23.2 Å². The summed E-state index contributed by atoms with van der Waals surface area (Å²) < 4.78 is 46.8. The van der Waals surface area contributed by atoms with Crippen LogP contribution >= 0.6 is 0 Å². The summed E-state index contributed by atoms with van der Waals surface area (Å²) in [7, 11) is 3.25. The van der Waals surface area contributed by atoms with Gasteiger partial charge in [-0.3, -0.25) is 19.6 Å². The van der Waals surface area contributed by atoms with Crippen molar-refractivity contribution in [1.29, 1.82) is 0 Å². The average molecular weight is 831 g/mol. The zero-order valence-corrected chi connectivity index (χ0v) is 36.2. The third-order valence-corrected chi connectivity index (χ3v) is 9.88. The molecular weight excluding hydrogens is 777 g/mol. The lowest BCUT2D eigenvalue weighted by atomic mass is 10.1. The summed E-state index contributed by atoms with van der Waals surface area (Å²) in [6, 6.07) is 22.6. The number of fused-ring (bicyclic) bond motifs is 2. The molecule has 12 nitrogen and oxygen atoms in total. The highest BCUT2D eigenvalue weighted by Gasteiger charge is 2.18. The number of pyridine rings is 2. The normalized spacial score (nSPS) is 11.2. The van der Waals surface area contributed by atoms with E-state index < -0.39 is 18.4 Å². The topological polar surface area (TPSA) is 134 Å². The van der Waals surface area contributed by atoms with E-state index in [0.717, 1.165) is 55.2 Å². The summed E-state index contributed by atoms with van der Waals surface area (Å²) in [5.41, 5.74) is 6.72. The van der Waals surface area contributed by atoms with Gasteiger partial charge in [-0.15, -0.1) is 0 Å². The minimum absolute atomic E-state index is 0.00830. The first-order chi connectivity index (χ1) is 29.5. The summed E-state index contributed by atoms with van der Waals surface area (Å²) in [6.45, 7) is 12.4. The Kier molecular flexibility index (Phi) is 14.9. The number of carbonyl (C=O) groups excluding carboxylic acids is 2. The Balaban J connectivity index is 1.01. The summed E-state index contributed by atoms with van der Waals surface area (Å²) in [6.07, 6.45) is 4.27. The third-order valence-electron chi connectivity index (χ3n) is 9.88. The molecule has 0 bridgehead atoms. The maximum atomic E-state index is 12.7. The van der Waals surface area contributed by atoms with Crippen molar-refractivity contribution in [2.45, 2.75) is 99.4 Å². The van der Waals surface area contributed by atoms with E-state index in [0.29, 0.717) is 47.3 Å². The Morgan fingerprint density at radius 1 is 0.508 bits per heavy atom. The second-order valence-electron chi connectivity index (χ2n) is 15.0. The number of hydrogen-bond donors (Lipinski definition) is 0. The number of benzene rings is 4. The molecule has 4 aromatic carbocycles. The molecular formula is C49H54N2O10. The predicted molar refractivity (Wildman–Crippen MR) is 233 cm³/mol. The maximum Gasteiger partial charge on any atom is 0.317 e. The largest absolute Gasteiger partial charge is 0.497 e. The summed E-state index contributed by atoms with van der Waals surface area (Å²) in [5, 5.41) is 1.69. The van der Waals surface area contributed by atoms with Crippen molar-refractivity contribution in [2.24, 2.45) is 0 Å². The Hall–Kier alpha value is -6.56. The van der Waals surface area contributed by atoms with Crippen LogP contribution in [-0.4, -0.2) is 48.3 Å². The van der Waals surface area contributed by atoms with Crippen molar-refractivity contribution in [3.63, 3.8) is 0 Å². The molecule has 2 heterocycles. The van der Waals surface area contributed by atoms with Crippen molar-refractivity contribution in [3.05, 3.63) is 119 Å². The fraction of sp³-hybridized carbons (Fsp3) is 0.347. The molecule has 12 heteroatoms. The van der Waals surface area contributed by atoms with Crippen LogP contribution in [0.15, 0.2) is 85.2 Å². The van der Waals surface area contributed by atoms with Gasteiger partial charge in [0.2, 0.25) is 0 Å². The van der Waals surface area contributed by atoms with Gasteiger partial charge in [-0.25, -0.2) is 0 Å². The van der Waals surface area contributed by atoms with Crippen LogP contribution in [0.3, 0.4) is 0 Å². The van der Waals surface area contributed by atoms with Gasteiger partial charge in [0.25, 0.3) is 0 Å². The van der Waals surface area contributed by atoms with E-state index >= 15 is 0 Å². The molecule has 0 atom stereocenters. The number of aromatic nitrogens is 2. The van der Waals surface area contributed by atoms with Crippen molar-refractivity contribution < 1.29 is 47.5 Å². The van der Waals surface area contributed by atoms with Crippen molar-refractivity contribution in [1.82, 2.24) is 9.97 Å². The monoisotopic (exact) mass is 830 g/mol. The number of hydrogen-bond acceptors (Lipinski definition) is 12. The number of nitrogens with zero attached hydrogens (tertiary/aromatic N) is 2. The van der Waals surface area contributed by atoms with E-state index in [-0.39, 0.29) is 38.6 Å². The fourth-order valence-corrected chi connectivity index (χ4v) is 6.77. The van der Waals surface area contributed by atoms with Crippen molar-refractivity contribution in [2.75, 3.05) is 14.2 Å². The highest BCUT2D eigenvalue weighted by Crippen LogP contribution is 2.35. The molecule has 320 valence electrons. The molecule has 0 radical (unpaired) electrons. The Morgan fingerprint density at radius 2 is 0.918 bits per heavy atom. The summed E-state index contributed by atoms with van der Waals surface area (Å²) in [4.78, 5) is 34.7. The minimum Gasteiger partial charge on any atom is -0.497 e. The molecule has 6 aromatic rings. The summed E-state index contributed by atoms with van der Waals surface area (Å²) in [5.74, 6) is 2.77. The highest BCUT2D eigenvalue weighted by atomic mass is 16.6. The Morgan fingerprint density at radius 3 is 1.30 bits per heavy atom. The van der Waals surface area contributed by atoms with Gasteiger partial charge in [0.05, 0.1) is 48.6 Å². The second kappa shape index (κ2) is 20.6. The maximum absolute atomic E-state index is 12.7. The molecule has 0 spiro atoms. The van der Waals surface area contributed by atoms with E-state index in [2.05, 4.69) is 9.97 Å². The van der Waals surface area contributed by atoms with Crippen LogP contribution in [0, 0.1) is 0 Å². The Bertz CT molecular complexity index is 2310. The van der Waals surface area contributed by atoms with E-state index in [1.165, 1.54) is 0 Å². The molecule has 61 heavy (non-hydrogen) atoms. The standard InChI is InChI=1S/C49H54N2O10/c1-9-32-19-40(56-28-36-24-50-44-17-15-38(54-7)21-42(44)48(36)60-30(3)4)13-11-34(32)26-58-46(52)23-47(53)59-27-35-12-14-41(20-33(35)10-2)57-29-37-25-51-45-18-16-39(55-8)22-43(45)49(37)61-31(5)6/h11-22,24-25,30-31H,9-10,23,26-29H2,1-8H3. The van der Waals surface area contributed by atoms with E-state index in [4.69, 9.17) is 37.9 Å². The van der Waals surface area contributed by atoms with Crippen LogP contribution in [0.1, 0.15) is 81.3 Å². The third kappa shape index (κ3) is 11.4. The van der Waals surface area contributed by atoms with Crippen LogP contribution in [0.4, 0.5) is 0 Å². The number of ether oxygens (including phenoxy) is 8. The van der Waals surface area contributed by atoms with E-state index in [1.54, 1.807) is 26.6 Å². The first-order valence-electron chi connectivity index (χ1n) is 20.5. The number of carbonyl (C=O) groups is 2. The van der Waals surface area contributed by atoms with Crippen molar-refractivity contribution in [3.8, 4) is 34.5 Å². The number of esters is 2. The zero-order valence-electron chi connectivity index (χ0n) is 36.2. The SMILES string of the molecule is CCc1cc(OCc2cnc3ccc(OC)cc3c2OC(C)C)ccc1COC(=O)CC(=O)OCc1ccc(OCc2cnc3ccc(OC)cc3c2OC(C)C)cc1CC. The molecule has 0 N–H and O–H groups in total. The predicted octanol–water partition coefficient (Wildman–Crippen LogP) is 9.83. The van der Waals surface area contributed by atoms with Gasteiger partial charge in [-0.05, 0) is 123 Å². The number of aryl methyl sites for hydroxylation is 2. The molecule has 0 aliphatic rings. The van der Waals surface area contributed by atoms with Crippen LogP contribution in [0.5, 0.6) is 34.5 Å². The van der Waals surface area contributed by atoms with Gasteiger partial charge in [0.15, 0.2) is 0 Å². The fourth-order valence-electron chi connectivity index (χ4n) is 6.77. The first kappa shape index (κ1) is 44.0. The highest BCUT2D eigenvalue weighted by molar-refractivity contribution is 5.91. The smallest absolute Gasteiger partial charge is 0.317 e. The quantitative estimate of drug-likeness (QED) is 0.0536. The molecule has 0 fully saturated rings. The zero-order chi connectivity index (χ0) is 43.5. The second-order valence-corrected chi connectivity index (χ2v) is 15.0. The first-order valence-corrected chi connectivity index (χ1v) is 20.5. The number of rotatable bonds is 20. The molecule has 0 aliphatic carbocycles. The van der Waals surface area contributed by atoms with Crippen LogP contribution in [0.2, 0.25) is 0 Å². The van der Waals surface area contributed by atoms with E-state index in [9.17, 15) is 9.59 Å². The van der Waals surface area contributed by atoms with Gasteiger partial charge in [0.1, 0.15) is 67.3 Å². The van der Waals surface area contributed by atoms with E-state index in [1.807, 2.05) is 114 Å². The average Bonchev–Trinajstić information content (AvgIpc) is 3.26. The lowest BCUT2D eigenvalue weighted by Crippen LogP contribution is -2.14. The van der Waals surface area contributed by atoms with Crippen LogP contribution in [0.25, 0.3) is 21.8 Å². The molecule has 0 aliphatic heterocycles.